The zero-order chi connectivity index (χ0) is 10.1. The number of anilines is 2. The van der Waals surface area contributed by atoms with E-state index in [1.54, 1.807) is 4.68 Å². The number of nitrogens with two attached hydrogens (primary N) is 1. The highest BCUT2D eigenvalue weighted by Gasteiger charge is 2.18. The van der Waals surface area contributed by atoms with Crippen molar-refractivity contribution >= 4 is 11.5 Å². The number of hydrogen-bond donors (Lipinski definition) is 2. The maximum absolute atomic E-state index is 5.89. The number of nitrogens with zero attached hydrogens (tertiary/aromatic N) is 2. The minimum Gasteiger partial charge on any atom is -0.394 e. The Bertz CT molecular complexity index is 328. The van der Waals surface area contributed by atoms with Gasteiger partial charge in [0.1, 0.15) is 5.82 Å². The lowest BCUT2D eigenvalue weighted by molar-refractivity contribution is 0.195. The minimum absolute atomic E-state index is 0.368. The van der Waals surface area contributed by atoms with E-state index in [9.17, 15) is 0 Å². The number of nitrogens with one attached hydrogen (secondary N) is 1. The van der Waals surface area contributed by atoms with Gasteiger partial charge in [-0.25, -0.2) is 0 Å². The SMILES string of the molecule is Cc1nn(C)c(NC2CCOC2)c1N. The summed E-state index contributed by atoms with van der Waals surface area (Å²) in [5.74, 6) is 0.901. The molecule has 0 aliphatic carbocycles. The highest BCUT2D eigenvalue weighted by Crippen LogP contribution is 2.23. The molecule has 1 aromatic heterocycles. The summed E-state index contributed by atoms with van der Waals surface area (Å²) in [5.41, 5.74) is 7.50. The molecule has 14 heavy (non-hydrogen) atoms. The van der Waals surface area contributed by atoms with Gasteiger partial charge < -0.3 is 15.8 Å². The van der Waals surface area contributed by atoms with Gasteiger partial charge in [0, 0.05) is 13.7 Å². The lowest BCUT2D eigenvalue weighted by Crippen LogP contribution is -2.21. The minimum atomic E-state index is 0.368. The second-order valence-corrected chi connectivity index (χ2v) is 3.68. The van der Waals surface area contributed by atoms with Crippen LogP contribution in [-0.2, 0) is 11.8 Å². The normalized spacial score (nSPS) is 21.4. The van der Waals surface area contributed by atoms with E-state index in [2.05, 4.69) is 10.4 Å². The Balaban J connectivity index is 2.14. The van der Waals surface area contributed by atoms with Crippen LogP contribution in [0.4, 0.5) is 11.5 Å². The first-order valence-electron chi connectivity index (χ1n) is 4.82. The first kappa shape index (κ1) is 9.33. The van der Waals surface area contributed by atoms with Gasteiger partial charge in [0.05, 0.1) is 24.0 Å². The molecule has 5 heteroatoms. The third kappa shape index (κ3) is 1.55. The summed E-state index contributed by atoms with van der Waals surface area (Å²) in [6.07, 6.45) is 1.03. The quantitative estimate of drug-likeness (QED) is 0.723. The van der Waals surface area contributed by atoms with Crippen molar-refractivity contribution < 1.29 is 4.74 Å². The van der Waals surface area contributed by atoms with Gasteiger partial charge in [-0.15, -0.1) is 0 Å². The van der Waals surface area contributed by atoms with Crippen molar-refractivity contribution in [2.45, 2.75) is 19.4 Å². The lowest BCUT2D eigenvalue weighted by atomic mass is 10.2. The van der Waals surface area contributed by atoms with Gasteiger partial charge in [0.2, 0.25) is 0 Å². The van der Waals surface area contributed by atoms with Crippen molar-refractivity contribution in [2.75, 3.05) is 24.3 Å². The van der Waals surface area contributed by atoms with E-state index in [0.717, 1.165) is 36.8 Å². The van der Waals surface area contributed by atoms with Gasteiger partial charge in [-0.05, 0) is 13.3 Å². The molecule has 3 N–H and O–H groups in total. The fourth-order valence-corrected chi connectivity index (χ4v) is 1.69. The van der Waals surface area contributed by atoms with Crippen molar-refractivity contribution in [3.63, 3.8) is 0 Å². The molecule has 1 saturated heterocycles. The molecule has 78 valence electrons. The number of hydrogen-bond acceptors (Lipinski definition) is 4. The summed E-state index contributed by atoms with van der Waals surface area (Å²) in [7, 11) is 1.89. The molecule has 2 heterocycles. The van der Waals surface area contributed by atoms with Crippen LogP contribution in [0.25, 0.3) is 0 Å². The first-order chi connectivity index (χ1) is 6.68. The molecule has 2 rings (SSSR count). The fourth-order valence-electron chi connectivity index (χ4n) is 1.69. The molecule has 0 spiro atoms. The van der Waals surface area contributed by atoms with Crippen LogP contribution >= 0.6 is 0 Å². The molecule has 0 radical (unpaired) electrons. The van der Waals surface area contributed by atoms with Crippen molar-refractivity contribution in [3.8, 4) is 0 Å². The lowest BCUT2D eigenvalue weighted by Gasteiger charge is -2.12. The summed E-state index contributed by atoms with van der Waals surface area (Å²) in [6, 6.07) is 0.368. The Morgan fingerprint density at radius 1 is 1.64 bits per heavy atom. The summed E-state index contributed by atoms with van der Waals surface area (Å²) in [6.45, 7) is 3.49. The van der Waals surface area contributed by atoms with Crippen molar-refractivity contribution in [1.82, 2.24) is 9.78 Å². The van der Waals surface area contributed by atoms with E-state index >= 15 is 0 Å². The Morgan fingerprint density at radius 3 is 2.93 bits per heavy atom. The molecule has 1 fully saturated rings. The van der Waals surface area contributed by atoms with Gasteiger partial charge >= 0.3 is 0 Å². The smallest absolute Gasteiger partial charge is 0.148 e. The van der Waals surface area contributed by atoms with Crippen molar-refractivity contribution in [1.29, 1.82) is 0 Å². The number of nitrogen functional groups attached to an aromatic ring is 1. The Morgan fingerprint density at radius 2 is 2.43 bits per heavy atom. The maximum atomic E-state index is 5.89. The highest BCUT2D eigenvalue weighted by molar-refractivity contribution is 5.64. The van der Waals surface area contributed by atoms with E-state index in [4.69, 9.17) is 10.5 Å². The largest absolute Gasteiger partial charge is 0.394 e. The Hall–Kier alpha value is -1.23. The molecule has 0 saturated carbocycles. The number of aromatic nitrogens is 2. The maximum Gasteiger partial charge on any atom is 0.148 e. The third-order valence-corrected chi connectivity index (χ3v) is 2.54. The number of aryl methyl sites for hydroxylation is 2. The molecule has 1 unspecified atom stereocenters. The van der Waals surface area contributed by atoms with E-state index in [0.29, 0.717) is 6.04 Å². The molecule has 0 bridgehead atoms. The molecule has 1 aromatic rings. The van der Waals surface area contributed by atoms with Crippen LogP contribution in [-0.4, -0.2) is 29.0 Å². The predicted octanol–water partition coefficient (Wildman–Crippen LogP) is 0.512. The molecule has 1 aliphatic rings. The second-order valence-electron chi connectivity index (χ2n) is 3.68. The van der Waals surface area contributed by atoms with Crippen LogP contribution < -0.4 is 11.1 Å². The van der Waals surface area contributed by atoms with Crippen LogP contribution in [0.5, 0.6) is 0 Å². The van der Waals surface area contributed by atoms with Gasteiger partial charge in [-0.1, -0.05) is 0 Å². The summed E-state index contributed by atoms with van der Waals surface area (Å²) < 4.78 is 7.06. The first-order valence-corrected chi connectivity index (χ1v) is 4.82. The van der Waals surface area contributed by atoms with E-state index in [-0.39, 0.29) is 0 Å². The molecular weight excluding hydrogens is 180 g/mol. The molecule has 1 atom stereocenters. The summed E-state index contributed by atoms with van der Waals surface area (Å²) in [4.78, 5) is 0. The predicted molar refractivity (Wildman–Crippen MR) is 55.2 cm³/mol. The standard InChI is InChI=1S/C9H16N4O/c1-6-8(10)9(13(2)12-6)11-7-3-4-14-5-7/h7,11H,3-5,10H2,1-2H3. The number of ether oxygens (including phenoxy) is 1. The molecular formula is C9H16N4O. The second kappa shape index (κ2) is 3.49. The van der Waals surface area contributed by atoms with Gasteiger partial charge in [0.25, 0.3) is 0 Å². The number of rotatable bonds is 2. The summed E-state index contributed by atoms with van der Waals surface area (Å²) in [5, 5.41) is 7.59. The average molecular weight is 196 g/mol. The summed E-state index contributed by atoms with van der Waals surface area (Å²) >= 11 is 0. The Labute approximate surface area is 83.2 Å². The zero-order valence-corrected chi connectivity index (χ0v) is 8.58. The van der Waals surface area contributed by atoms with Crippen LogP contribution in [0.15, 0.2) is 0 Å². The van der Waals surface area contributed by atoms with Crippen molar-refractivity contribution in [3.05, 3.63) is 5.69 Å². The molecule has 0 amide bonds. The molecule has 0 aromatic carbocycles. The zero-order valence-electron chi connectivity index (χ0n) is 8.58. The average Bonchev–Trinajstić information content (AvgIpc) is 2.71. The molecule has 5 nitrogen and oxygen atoms in total. The fraction of sp³-hybridized carbons (Fsp3) is 0.667. The van der Waals surface area contributed by atoms with Gasteiger partial charge in [-0.2, -0.15) is 5.10 Å². The monoisotopic (exact) mass is 196 g/mol. The molecule has 1 aliphatic heterocycles. The van der Waals surface area contributed by atoms with Crippen LogP contribution in [0.3, 0.4) is 0 Å². The van der Waals surface area contributed by atoms with Crippen LogP contribution in [0.2, 0.25) is 0 Å². The van der Waals surface area contributed by atoms with Gasteiger partial charge in [0.15, 0.2) is 0 Å². The van der Waals surface area contributed by atoms with E-state index in [1.165, 1.54) is 0 Å². The highest BCUT2D eigenvalue weighted by atomic mass is 16.5. The topological polar surface area (TPSA) is 65.1 Å². The van der Waals surface area contributed by atoms with E-state index in [1.807, 2.05) is 14.0 Å². The van der Waals surface area contributed by atoms with E-state index < -0.39 is 0 Å². The van der Waals surface area contributed by atoms with Crippen LogP contribution in [0.1, 0.15) is 12.1 Å². The third-order valence-electron chi connectivity index (χ3n) is 2.54. The van der Waals surface area contributed by atoms with Crippen molar-refractivity contribution in [2.24, 2.45) is 7.05 Å². The van der Waals surface area contributed by atoms with Gasteiger partial charge in [-0.3, -0.25) is 4.68 Å². The Kier molecular flexibility index (Phi) is 2.33. The van der Waals surface area contributed by atoms with Crippen LogP contribution in [0, 0.1) is 6.92 Å².